The predicted octanol–water partition coefficient (Wildman–Crippen LogP) is 2.13. The monoisotopic (exact) mass is 282 g/mol. The van der Waals surface area contributed by atoms with Gasteiger partial charge in [-0.1, -0.05) is 59.3 Å². The maximum Gasteiger partial charge on any atom is 0.204 e. The number of aliphatic hydroxyl groups is 1. The van der Waals surface area contributed by atoms with Gasteiger partial charge in [0.2, 0.25) is 6.41 Å². The second-order valence-corrected chi connectivity index (χ2v) is 7.28. The van der Waals surface area contributed by atoms with Crippen molar-refractivity contribution < 1.29 is 9.90 Å². The Bertz CT molecular complexity index is 398. The largest absolute Gasteiger partial charge is 0.385 e. The van der Waals surface area contributed by atoms with Gasteiger partial charge in [0.1, 0.15) is 0 Å². The quantitative estimate of drug-likeness (QED) is 0.644. The molecule has 0 bridgehead atoms. The van der Waals surface area contributed by atoms with E-state index in [1.807, 2.05) is 12.2 Å². The van der Waals surface area contributed by atoms with Crippen LogP contribution < -0.4 is 11.5 Å². The van der Waals surface area contributed by atoms with Crippen LogP contribution in [0.1, 0.15) is 48.0 Å². The van der Waals surface area contributed by atoms with Crippen LogP contribution in [0.2, 0.25) is 0 Å². The van der Waals surface area contributed by atoms with Crippen molar-refractivity contribution in [3.63, 3.8) is 0 Å². The molecule has 0 fully saturated rings. The summed E-state index contributed by atoms with van der Waals surface area (Å²) in [4.78, 5) is 8.58. The fourth-order valence-corrected chi connectivity index (χ4v) is 2.23. The van der Waals surface area contributed by atoms with Crippen LogP contribution in [-0.2, 0) is 4.79 Å². The summed E-state index contributed by atoms with van der Waals surface area (Å²) in [6.07, 6.45) is 4.86. The summed E-state index contributed by atoms with van der Waals surface area (Å²) in [6.45, 7) is 13.3. The van der Waals surface area contributed by atoms with E-state index >= 15 is 0 Å². The van der Waals surface area contributed by atoms with Gasteiger partial charge in [0.05, 0.1) is 5.60 Å². The van der Waals surface area contributed by atoms with Crippen molar-refractivity contribution in [2.24, 2.45) is 22.3 Å². The fraction of sp³-hybridized carbons (Fsp3) is 0.688. The van der Waals surface area contributed by atoms with Crippen LogP contribution in [0.15, 0.2) is 23.3 Å². The van der Waals surface area contributed by atoms with E-state index in [0.717, 1.165) is 0 Å². The van der Waals surface area contributed by atoms with E-state index in [1.165, 1.54) is 11.1 Å². The third kappa shape index (κ3) is 4.46. The number of nitrogens with two attached hydrogens (primary N) is 2. The molecule has 20 heavy (non-hydrogen) atoms. The predicted molar refractivity (Wildman–Crippen MR) is 83.9 cm³/mol. The summed E-state index contributed by atoms with van der Waals surface area (Å²) >= 11 is 0. The lowest BCUT2D eigenvalue weighted by Crippen LogP contribution is -2.44. The Morgan fingerprint density at radius 3 is 2.05 bits per heavy atom. The molecule has 1 amide bonds. The Morgan fingerprint density at radius 1 is 1.30 bits per heavy atom. The smallest absolute Gasteiger partial charge is 0.204 e. The first-order valence-electron chi connectivity index (χ1n) is 6.92. The number of amides is 1. The molecule has 0 heterocycles. The van der Waals surface area contributed by atoms with E-state index in [-0.39, 0.29) is 17.2 Å². The van der Waals surface area contributed by atoms with E-state index in [9.17, 15) is 5.11 Å². The number of rotatable bonds is 1. The average Bonchev–Trinajstić information content (AvgIpc) is 2.27. The first-order chi connectivity index (χ1) is 8.93. The van der Waals surface area contributed by atoms with E-state index in [0.29, 0.717) is 13.0 Å². The van der Waals surface area contributed by atoms with Gasteiger partial charge >= 0.3 is 0 Å². The van der Waals surface area contributed by atoms with Crippen molar-refractivity contribution in [2.45, 2.75) is 53.6 Å². The van der Waals surface area contributed by atoms with Gasteiger partial charge in [0.25, 0.3) is 0 Å². The van der Waals surface area contributed by atoms with Crippen LogP contribution in [0.3, 0.4) is 0 Å². The molecule has 1 rings (SSSR count). The number of hydrogen-bond donors (Lipinski definition) is 3. The number of hydrogen-bond acceptors (Lipinski definition) is 3. The minimum absolute atomic E-state index is 0.0543. The molecule has 4 heteroatoms. The molecule has 1 unspecified atom stereocenters. The zero-order valence-corrected chi connectivity index (χ0v) is 13.7. The van der Waals surface area contributed by atoms with Crippen LogP contribution in [-0.4, -0.2) is 23.7 Å². The highest BCUT2D eigenvalue weighted by atomic mass is 16.3. The van der Waals surface area contributed by atoms with E-state index in [1.54, 1.807) is 0 Å². The van der Waals surface area contributed by atoms with Gasteiger partial charge in [0.15, 0.2) is 0 Å². The zero-order chi connectivity index (χ0) is 16.2. The minimum Gasteiger partial charge on any atom is -0.385 e. The first kappa shape index (κ1) is 18.9. The van der Waals surface area contributed by atoms with Gasteiger partial charge in [-0.05, 0) is 16.4 Å². The van der Waals surface area contributed by atoms with Gasteiger partial charge in [-0.15, -0.1) is 0 Å². The Hall–Kier alpha value is -1.13. The third-order valence-electron chi connectivity index (χ3n) is 3.82. The molecule has 116 valence electrons. The Morgan fingerprint density at radius 2 is 1.75 bits per heavy atom. The highest BCUT2D eigenvalue weighted by Gasteiger charge is 2.42. The van der Waals surface area contributed by atoms with Crippen LogP contribution in [0.4, 0.5) is 0 Å². The van der Waals surface area contributed by atoms with Gasteiger partial charge in [-0.2, -0.15) is 0 Å². The van der Waals surface area contributed by atoms with Crippen LogP contribution in [0.25, 0.3) is 0 Å². The highest BCUT2D eigenvalue weighted by molar-refractivity contribution is 5.42. The maximum atomic E-state index is 10.8. The molecule has 0 aromatic rings. The zero-order valence-electron chi connectivity index (χ0n) is 13.7. The molecule has 0 aromatic heterocycles. The first-order valence-corrected chi connectivity index (χ1v) is 6.92. The summed E-state index contributed by atoms with van der Waals surface area (Å²) in [6, 6.07) is 0. The topological polar surface area (TPSA) is 89.3 Å². The standard InChI is InChI=1S/C15H27NO.CH3NO/c1-13(2,3)12-9-15(17,14(4,5)6)8-7-11(12)10-16;2-1-3/h7-8,17H,9-10,16H2,1-6H3;1H,(H2,2,3). The highest BCUT2D eigenvalue weighted by Crippen LogP contribution is 2.45. The molecule has 0 aromatic carbocycles. The summed E-state index contributed by atoms with van der Waals surface area (Å²) in [5.74, 6) is 0. The van der Waals surface area contributed by atoms with E-state index in [4.69, 9.17) is 10.5 Å². The summed E-state index contributed by atoms with van der Waals surface area (Å²) < 4.78 is 0. The van der Waals surface area contributed by atoms with Crippen molar-refractivity contribution in [3.05, 3.63) is 23.3 Å². The molecule has 1 atom stereocenters. The molecular weight excluding hydrogens is 252 g/mol. The molecule has 1 aliphatic rings. The average molecular weight is 282 g/mol. The van der Waals surface area contributed by atoms with Crippen LogP contribution in [0.5, 0.6) is 0 Å². The molecule has 0 aliphatic heterocycles. The Labute approximate surface area is 122 Å². The second kappa shape index (κ2) is 6.55. The molecular formula is C16H30N2O2. The summed E-state index contributed by atoms with van der Waals surface area (Å²) in [5.41, 5.74) is 11.5. The summed E-state index contributed by atoms with van der Waals surface area (Å²) in [7, 11) is 0. The van der Waals surface area contributed by atoms with Gasteiger partial charge in [-0.3, -0.25) is 4.79 Å². The molecule has 0 radical (unpaired) electrons. The lowest BCUT2D eigenvalue weighted by atomic mass is 9.66. The molecule has 5 N–H and O–H groups in total. The molecule has 0 spiro atoms. The lowest BCUT2D eigenvalue weighted by Gasteiger charge is -2.43. The second-order valence-electron chi connectivity index (χ2n) is 7.28. The van der Waals surface area contributed by atoms with Gasteiger partial charge in [0, 0.05) is 13.0 Å². The Balaban J connectivity index is 0.00000110. The van der Waals surface area contributed by atoms with Gasteiger partial charge < -0.3 is 16.6 Å². The van der Waals surface area contributed by atoms with Gasteiger partial charge in [-0.25, -0.2) is 0 Å². The van der Waals surface area contributed by atoms with Crippen molar-refractivity contribution in [1.82, 2.24) is 0 Å². The minimum atomic E-state index is -0.770. The SMILES string of the molecule is CC(C)(C)C1=C(CN)C=CC(O)(C(C)(C)C)C1.NC=O. The van der Waals surface area contributed by atoms with Crippen LogP contribution >= 0.6 is 0 Å². The maximum absolute atomic E-state index is 10.8. The normalized spacial score (nSPS) is 23.2. The van der Waals surface area contributed by atoms with Crippen molar-refractivity contribution in [3.8, 4) is 0 Å². The third-order valence-corrected chi connectivity index (χ3v) is 3.82. The fourth-order valence-electron chi connectivity index (χ4n) is 2.23. The molecule has 4 nitrogen and oxygen atoms in total. The van der Waals surface area contributed by atoms with E-state index < -0.39 is 5.60 Å². The molecule has 0 saturated carbocycles. The molecule has 1 aliphatic carbocycles. The van der Waals surface area contributed by atoms with E-state index in [2.05, 4.69) is 47.3 Å². The number of primary amides is 1. The summed E-state index contributed by atoms with van der Waals surface area (Å²) in [5, 5.41) is 10.8. The van der Waals surface area contributed by atoms with Crippen molar-refractivity contribution in [1.29, 1.82) is 0 Å². The van der Waals surface area contributed by atoms with Crippen molar-refractivity contribution in [2.75, 3.05) is 6.54 Å². The lowest BCUT2D eigenvalue weighted by molar-refractivity contribution is -0.106. The Kier molecular flexibility index (Phi) is 6.18. The molecule has 0 saturated heterocycles. The number of carbonyl (C=O) groups excluding carboxylic acids is 1. The van der Waals surface area contributed by atoms with Crippen LogP contribution in [0, 0.1) is 10.8 Å². The number of carbonyl (C=O) groups is 1. The van der Waals surface area contributed by atoms with Crippen molar-refractivity contribution >= 4 is 6.41 Å².